The molecule has 1 aliphatic heterocycles. The predicted molar refractivity (Wildman–Crippen MR) is 86.3 cm³/mol. The van der Waals surface area contributed by atoms with E-state index in [1.54, 1.807) is 0 Å². The Morgan fingerprint density at radius 1 is 1.07 bits per heavy atom. The summed E-state index contributed by atoms with van der Waals surface area (Å²) >= 11 is 0. The molecule has 0 radical (unpaired) electrons. The van der Waals surface area contributed by atoms with Crippen LogP contribution in [0.4, 0.5) is 26.3 Å². The number of rotatable bonds is 5. The summed E-state index contributed by atoms with van der Waals surface area (Å²) in [6.45, 7) is 7.93. The molecule has 0 aliphatic carbocycles. The normalized spacial score (nSPS) is 30.9. The number of hydrogen-bond acceptors (Lipinski definition) is 4. The summed E-state index contributed by atoms with van der Waals surface area (Å²) in [5.74, 6) is -4.10. The lowest BCUT2D eigenvalue weighted by Gasteiger charge is -2.42. The van der Waals surface area contributed by atoms with Crippen LogP contribution in [0.3, 0.4) is 0 Å². The topological polar surface area (TPSA) is 63.6 Å². The summed E-state index contributed by atoms with van der Waals surface area (Å²) in [5.41, 5.74) is -6.10. The lowest BCUT2D eigenvalue weighted by molar-refractivity contribution is -0.384. The van der Waals surface area contributed by atoms with Crippen LogP contribution in [0.5, 0.6) is 0 Å². The molecule has 4 nitrogen and oxygen atoms in total. The smallest absolute Gasteiger partial charge is 0.373 e. The first-order valence-electron chi connectivity index (χ1n) is 8.51. The SMILES string of the molecule is CCC(CC(C)C(O)(C(F)(F)F)C(F)(F)F)C1(C)C(C)C(C)(C)OS1(=O)=O. The Morgan fingerprint density at radius 3 is 1.74 bits per heavy atom. The van der Waals surface area contributed by atoms with Crippen molar-refractivity contribution in [3.63, 3.8) is 0 Å². The highest BCUT2D eigenvalue weighted by Gasteiger charge is 2.73. The molecule has 162 valence electrons. The fourth-order valence-corrected chi connectivity index (χ4v) is 6.31. The van der Waals surface area contributed by atoms with Crippen LogP contribution in [0.15, 0.2) is 0 Å². The third-order valence-electron chi connectivity index (χ3n) is 6.28. The first-order chi connectivity index (χ1) is 11.7. The largest absolute Gasteiger partial charge is 0.426 e. The van der Waals surface area contributed by atoms with Gasteiger partial charge >= 0.3 is 12.4 Å². The van der Waals surface area contributed by atoms with E-state index in [0.717, 1.165) is 0 Å². The van der Waals surface area contributed by atoms with Gasteiger partial charge in [0.25, 0.3) is 15.7 Å². The lowest BCUT2D eigenvalue weighted by Crippen LogP contribution is -2.62. The highest BCUT2D eigenvalue weighted by atomic mass is 32.2. The predicted octanol–water partition coefficient (Wildman–Crippen LogP) is 4.43. The van der Waals surface area contributed by atoms with Gasteiger partial charge in [-0.15, -0.1) is 0 Å². The Labute approximate surface area is 155 Å². The third kappa shape index (κ3) is 3.59. The van der Waals surface area contributed by atoms with E-state index < -0.39 is 62.6 Å². The standard InChI is InChI=1S/C16H26F6O4S/c1-7-11(13(6)10(3)12(4,5)26-27(13,24)25)8-9(2)14(23,15(17,18)19)16(20,21)22/h9-11,23H,7-8H2,1-6H3. The van der Waals surface area contributed by atoms with Crippen molar-refractivity contribution in [3.8, 4) is 0 Å². The van der Waals surface area contributed by atoms with Crippen molar-refractivity contribution in [1.29, 1.82) is 0 Å². The molecule has 0 spiro atoms. The second kappa shape index (κ2) is 6.76. The van der Waals surface area contributed by atoms with Crippen molar-refractivity contribution in [2.75, 3.05) is 0 Å². The number of aliphatic hydroxyl groups is 1. The van der Waals surface area contributed by atoms with Crippen LogP contribution in [0, 0.1) is 17.8 Å². The Hall–Kier alpha value is -0.550. The summed E-state index contributed by atoms with van der Waals surface area (Å²) in [6.07, 6.45) is -12.7. The molecule has 0 aromatic carbocycles. The quantitative estimate of drug-likeness (QED) is 0.520. The van der Waals surface area contributed by atoms with E-state index in [1.165, 1.54) is 34.6 Å². The monoisotopic (exact) mass is 428 g/mol. The number of hydrogen-bond donors (Lipinski definition) is 1. The van der Waals surface area contributed by atoms with Gasteiger partial charge in [-0.25, -0.2) is 0 Å². The second-order valence-electron chi connectivity index (χ2n) is 8.05. The van der Waals surface area contributed by atoms with Crippen LogP contribution in [-0.2, 0) is 14.3 Å². The van der Waals surface area contributed by atoms with Gasteiger partial charge in [-0.1, -0.05) is 27.2 Å². The minimum Gasteiger partial charge on any atom is -0.373 e. The van der Waals surface area contributed by atoms with Crippen LogP contribution < -0.4 is 0 Å². The summed E-state index contributed by atoms with van der Waals surface area (Å²) in [5, 5.41) is 9.59. The Bertz CT molecular complexity index is 641. The van der Waals surface area contributed by atoms with Gasteiger partial charge in [0.2, 0.25) is 0 Å². The van der Waals surface area contributed by atoms with Crippen molar-refractivity contribution >= 4 is 10.1 Å². The molecule has 1 aliphatic rings. The first kappa shape index (κ1) is 24.5. The zero-order chi connectivity index (χ0) is 21.9. The molecule has 0 aromatic heterocycles. The molecule has 0 aromatic rings. The average molecular weight is 428 g/mol. The van der Waals surface area contributed by atoms with Crippen molar-refractivity contribution in [1.82, 2.24) is 0 Å². The molecule has 11 heteroatoms. The fraction of sp³-hybridized carbons (Fsp3) is 1.00. The maximum Gasteiger partial charge on any atom is 0.426 e. The van der Waals surface area contributed by atoms with E-state index >= 15 is 0 Å². The van der Waals surface area contributed by atoms with E-state index in [4.69, 9.17) is 4.18 Å². The summed E-state index contributed by atoms with van der Waals surface area (Å²) in [4.78, 5) is 0. The maximum absolute atomic E-state index is 13.1. The molecule has 1 rings (SSSR count). The molecule has 1 N–H and O–H groups in total. The van der Waals surface area contributed by atoms with E-state index in [0.29, 0.717) is 6.92 Å². The molecule has 0 saturated carbocycles. The molecule has 0 bridgehead atoms. The highest BCUT2D eigenvalue weighted by molar-refractivity contribution is 7.88. The molecule has 4 unspecified atom stereocenters. The van der Waals surface area contributed by atoms with Crippen LogP contribution in [0.2, 0.25) is 0 Å². The van der Waals surface area contributed by atoms with Gasteiger partial charge in [0.1, 0.15) is 4.75 Å². The number of halogens is 6. The van der Waals surface area contributed by atoms with Gasteiger partial charge in [0.05, 0.1) is 5.60 Å². The van der Waals surface area contributed by atoms with Gasteiger partial charge in [-0.2, -0.15) is 34.8 Å². The molecule has 1 fully saturated rings. The van der Waals surface area contributed by atoms with Gasteiger partial charge in [-0.05, 0) is 33.1 Å². The zero-order valence-corrected chi connectivity index (χ0v) is 16.8. The Kier molecular flexibility index (Phi) is 6.13. The third-order valence-corrected chi connectivity index (χ3v) is 8.70. The minimum atomic E-state index is -5.96. The maximum atomic E-state index is 13.1. The fourth-order valence-electron chi connectivity index (χ4n) is 4.03. The lowest BCUT2D eigenvalue weighted by atomic mass is 9.69. The van der Waals surface area contributed by atoms with E-state index in [2.05, 4.69) is 0 Å². The van der Waals surface area contributed by atoms with Crippen LogP contribution in [-0.4, -0.2) is 41.8 Å². The minimum absolute atomic E-state index is 0.00432. The summed E-state index contributed by atoms with van der Waals surface area (Å²) < 4.78 is 107. The zero-order valence-electron chi connectivity index (χ0n) is 16.0. The van der Waals surface area contributed by atoms with Gasteiger partial charge < -0.3 is 5.11 Å². The average Bonchev–Trinajstić information content (AvgIpc) is 2.57. The van der Waals surface area contributed by atoms with Crippen molar-refractivity contribution in [3.05, 3.63) is 0 Å². The molecular formula is C16H26F6O4S. The van der Waals surface area contributed by atoms with E-state index in [9.17, 15) is 39.9 Å². The van der Waals surface area contributed by atoms with Crippen molar-refractivity contribution in [2.24, 2.45) is 17.8 Å². The second-order valence-corrected chi connectivity index (χ2v) is 10.0. The Balaban J connectivity index is 3.40. The molecule has 27 heavy (non-hydrogen) atoms. The van der Waals surface area contributed by atoms with E-state index in [1.807, 2.05) is 0 Å². The molecule has 4 atom stereocenters. The van der Waals surface area contributed by atoms with Crippen molar-refractivity contribution in [2.45, 2.75) is 82.7 Å². The van der Waals surface area contributed by atoms with Gasteiger partial charge in [0, 0.05) is 11.8 Å². The summed E-state index contributed by atoms with van der Waals surface area (Å²) in [7, 11) is -4.26. The molecule has 0 amide bonds. The van der Waals surface area contributed by atoms with Gasteiger partial charge in [-0.3, -0.25) is 4.18 Å². The highest BCUT2D eigenvalue weighted by Crippen LogP contribution is 2.55. The number of alkyl halides is 6. The summed E-state index contributed by atoms with van der Waals surface area (Å²) in [6, 6.07) is 0. The van der Waals surface area contributed by atoms with Crippen LogP contribution in [0.25, 0.3) is 0 Å². The van der Waals surface area contributed by atoms with Crippen LogP contribution >= 0.6 is 0 Å². The molecule has 1 saturated heterocycles. The first-order valence-corrected chi connectivity index (χ1v) is 9.92. The molecular weight excluding hydrogens is 402 g/mol. The molecule has 1 heterocycles. The van der Waals surface area contributed by atoms with Crippen LogP contribution in [0.1, 0.15) is 54.4 Å². The van der Waals surface area contributed by atoms with E-state index in [-0.39, 0.29) is 6.42 Å². The van der Waals surface area contributed by atoms with Gasteiger partial charge in [0.15, 0.2) is 0 Å². The van der Waals surface area contributed by atoms with Crippen molar-refractivity contribution < 1.29 is 44.0 Å². The Morgan fingerprint density at radius 2 is 1.48 bits per heavy atom.